The molecule has 0 unspecified atom stereocenters. The van der Waals surface area contributed by atoms with Gasteiger partial charge >= 0.3 is 6.09 Å². The molecule has 1 amide bonds. The Balaban J connectivity index is 2.74. The molecule has 0 fully saturated rings. The number of nitrogens with zero attached hydrogens (tertiary/aromatic N) is 1. The van der Waals surface area contributed by atoms with Crippen LogP contribution in [0.4, 0.5) is 10.5 Å². The zero-order chi connectivity index (χ0) is 14.3. The third-order valence-corrected chi connectivity index (χ3v) is 2.43. The second-order valence-electron chi connectivity index (χ2n) is 4.73. The highest BCUT2D eigenvalue weighted by atomic mass is 16.6. The maximum Gasteiger partial charge on any atom is 0.414 e. The van der Waals surface area contributed by atoms with Crippen LogP contribution in [0.15, 0.2) is 30.3 Å². The molecular weight excluding hydrogens is 242 g/mol. The van der Waals surface area contributed by atoms with Gasteiger partial charge in [-0.1, -0.05) is 32.0 Å². The Hall–Kier alpha value is -2.04. The Morgan fingerprint density at radius 1 is 1.37 bits per heavy atom. The highest BCUT2D eigenvalue weighted by Gasteiger charge is 2.17. The minimum atomic E-state index is -0.402. The van der Waals surface area contributed by atoms with Crippen LogP contribution < -0.4 is 10.6 Å². The normalized spacial score (nSPS) is 10.3. The van der Waals surface area contributed by atoms with Crippen molar-refractivity contribution in [2.24, 2.45) is 11.7 Å². The molecule has 19 heavy (non-hydrogen) atoms. The van der Waals surface area contributed by atoms with Gasteiger partial charge in [0.15, 0.2) is 0 Å². The lowest BCUT2D eigenvalue weighted by atomic mass is 10.2. The van der Waals surface area contributed by atoms with Gasteiger partial charge in [-0.25, -0.2) is 4.79 Å². The molecule has 0 aliphatic carbocycles. The van der Waals surface area contributed by atoms with Gasteiger partial charge in [0, 0.05) is 18.7 Å². The number of amidine groups is 1. The molecule has 0 saturated carbocycles. The van der Waals surface area contributed by atoms with Crippen molar-refractivity contribution < 1.29 is 9.53 Å². The standard InChI is InChI=1S/C14H21N3O2/c1-11(2)10-19-14(18)17(9-8-13(15)16)12-6-4-3-5-7-12/h3-7,11H,8-10H2,1-2H3,(H3,15,16). The second kappa shape index (κ2) is 7.41. The summed E-state index contributed by atoms with van der Waals surface area (Å²) in [6, 6.07) is 9.25. The summed E-state index contributed by atoms with van der Waals surface area (Å²) in [4.78, 5) is 13.6. The number of hydrogen-bond acceptors (Lipinski definition) is 3. The Morgan fingerprint density at radius 2 is 2.00 bits per heavy atom. The summed E-state index contributed by atoms with van der Waals surface area (Å²) in [7, 11) is 0. The van der Waals surface area contributed by atoms with Crippen molar-refractivity contribution in [3.05, 3.63) is 30.3 Å². The quantitative estimate of drug-likeness (QED) is 0.611. The molecule has 0 aromatic heterocycles. The van der Waals surface area contributed by atoms with Crippen molar-refractivity contribution in [3.63, 3.8) is 0 Å². The smallest absolute Gasteiger partial charge is 0.414 e. The zero-order valence-electron chi connectivity index (χ0n) is 11.4. The van der Waals surface area contributed by atoms with Crippen LogP contribution in [0.3, 0.4) is 0 Å². The monoisotopic (exact) mass is 263 g/mol. The number of anilines is 1. The minimum Gasteiger partial charge on any atom is -0.449 e. The fourth-order valence-corrected chi connectivity index (χ4v) is 1.48. The summed E-state index contributed by atoms with van der Waals surface area (Å²) in [5.41, 5.74) is 6.09. The molecule has 3 N–H and O–H groups in total. The number of benzene rings is 1. The molecule has 104 valence electrons. The largest absolute Gasteiger partial charge is 0.449 e. The number of hydrogen-bond donors (Lipinski definition) is 2. The van der Waals surface area contributed by atoms with Gasteiger partial charge in [-0.15, -0.1) is 0 Å². The molecule has 0 saturated heterocycles. The first-order valence-electron chi connectivity index (χ1n) is 6.33. The van der Waals surface area contributed by atoms with Crippen LogP contribution in [0.5, 0.6) is 0 Å². The van der Waals surface area contributed by atoms with E-state index in [9.17, 15) is 4.79 Å². The van der Waals surface area contributed by atoms with Gasteiger partial charge in [0.05, 0.1) is 12.4 Å². The molecule has 0 bridgehead atoms. The van der Waals surface area contributed by atoms with Crippen LogP contribution in [0, 0.1) is 11.3 Å². The maximum absolute atomic E-state index is 12.1. The third-order valence-electron chi connectivity index (χ3n) is 2.43. The number of carbonyl (C=O) groups excluding carboxylic acids is 1. The molecule has 0 atom stereocenters. The molecule has 5 heteroatoms. The number of rotatable bonds is 6. The first kappa shape index (κ1) is 15.0. The number of ether oxygens (including phenoxy) is 1. The first-order valence-corrected chi connectivity index (χ1v) is 6.33. The number of carbonyl (C=O) groups is 1. The Bertz CT molecular complexity index is 418. The summed E-state index contributed by atoms with van der Waals surface area (Å²) in [5, 5.41) is 7.26. The molecule has 0 aliphatic heterocycles. The van der Waals surface area contributed by atoms with E-state index < -0.39 is 6.09 Å². The minimum absolute atomic E-state index is 0.0533. The molecule has 0 heterocycles. The highest BCUT2D eigenvalue weighted by molar-refractivity contribution is 5.88. The lowest BCUT2D eigenvalue weighted by molar-refractivity contribution is 0.140. The molecule has 1 rings (SSSR count). The fraction of sp³-hybridized carbons (Fsp3) is 0.429. The summed E-state index contributed by atoms with van der Waals surface area (Å²) in [6.45, 7) is 4.68. The van der Waals surface area contributed by atoms with Crippen LogP contribution in [-0.4, -0.2) is 25.1 Å². The summed E-state index contributed by atoms with van der Waals surface area (Å²) in [6.07, 6.45) is -0.0766. The molecule has 0 spiro atoms. The molecule has 5 nitrogen and oxygen atoms in total. The van der Waals surface area contributed by atoms with E-state index in [0.717, 1.165) is 5.69 Å². The van der Waals surface area contributed by atoms with Gasteiger partial charge in [-0.2, -0.15) is 0 Å². The van der Waals surface area contributed by atoms with E-state index >= 15 is 0 Å². The van der Waals surface area contributed by atoms with E-state index in [4.69, 9.17) is 15.9 Å². The molecule has 0 radical (unpaired) electrons. The van der Waals surface area contributed by atoms with E-state index in [-0.39, 0.29) is 11.8 Å². The lowest BCUT2D eigenvalue weighted by Crippen LogP contribution is -2.35. The number of amides is 1. The molecular formula is C14H21N3O2. The van der Waals surface area contributed by atoms with E-state index in [2.05, 4.69) is 0 Å². The van der Waals surface area contributed by atoms with Crippen molar-refractivity contribution >= 4 is 17.6 Å². The number of nitrogens with two attached hydrogens (primary N) is 1. The average molecular weight is 263 g/mol. The topological polar surface area (TPSA) is 79.4 Å². The van der Waals surface area contributed by atoms with Crippen LogP contribution in [0.25, 0.3) is 0 Å². The van der Waals surface area contributed by atoms with Crippen molar-refractivity contribution in [2.75, 3.05) is 18.1 Å². The number of para-hydroxylation sites is 1. The predicted molar refractivity (Wildman–Crippen MR) is 76.5 cm³/mol. The summed E-state index contributed by atoms with van der Waals surface area (Å²) in [5.74, 6) is 0.340. The summed E-state index contributed by atoms with van der Waals surface area (Å²) < 4.78 is 5.23. The highest BCUT2D eigenvalue weighted by Crippen LogP contribution is 2.15. The van der Waals surface area contributed by atoms with E-state index in [0.29, 0.717) is 19.6 Å². The van der Waals surface area contributed by atoms with Crippen molar-refractivity contribution in [2.45, 2.75) is 20.3 Å². The fourth-order valence-electron chi connectivity index (χ4n) is 1.48. The summed E-state index contributed by atoms with van der Waals surface area (Å²) >= 11 is 0. The molecule has 1 aromatic rings. The van der Waals surface area contributed by atoms with Crippen molar-refractivity contribution in [1.29, 1.82) is 5.41 Å². The average Bonchev–Trinajstić information content (AvgIpc) is 2.37. The molecule has 0 aliphatic rings. The molecule has 1 aromatic carbocycles. The van der Waals surface area contributed by atoms with Crippen LogP contribution in [0.2, 0.25) is 0 Å². The van der Waals surface area contributed by atoms with Crippen LogP contribution >= 0.6 is 0 Å². The zero-order valence-corrected chi connectivity index (χ0v) is 11.4. The van der Waals surface area contributed by atoms with Gasteiger partial charge in [-0.3, -0.25) is 10.3 Å². The Labute approximate surface area is 113 Å². The van der Waals surface area contributed by atoms with Gasteiger partial charge in [0.1, 0.15) is 0 Å². The first-order chi connectivity index (χ1) is 9.00. The van der Waals surface area contributed by atoms with E-state index in [1.807, 2.05) is 44.2 Å². The van der Waals surface area contributed by atoms with Gasteiger partial charge in [-0.05, 0) is 18.1 Å². The predicted octanol–water partition coefficient (Wildman–Crippen LogP) is 2.61. The Kier molecular flexibility index (Phi) is 5.85. The third kappa shape index (κ3) is 5.42. The van der Waals surface area contributed by atoms with Crippen LogP contribution in [-0.2, 0) is 4.74 Å². The Morgan fingerprint density at radius 3 is 2.53 bits per heavy atom. The second-order valence-corrected chi connectivity index (χ2v) is 4.73. The van der Waals surface area contributed by atoms with Gasteiger partial charge in [0.25, 0.3) is 0 Å². The van der Waals surface area contributed by atoms with E-state index in [1.54, 1.807) is 0 Å². The van der Waals surface area contributed by atoms with Crippen molar-refractivity contribution in [1.82, 2.24) is 0 Å². The van der Waals surface area contributed by atoms with Gasteiger partial charge < -0.3 is 10.5 Å². The van der Waals surface area contributed by atoms with Gasteiger partial charge in [0.2, 0.25) is 0 Å². The van der Waals surface area contributed by atoms with Crippen LogP contribution in [0.1, 0.15) is 20.3 Å². The maximum atomic E-state index is 12.1. The number of nitrogens with one attached hydrogen (secondary N) is 1. The lowest BCUT2D eigenvalue weighted by Gasteiger charge is -2.22. The SMILES string of the molecule is CC(C)COC(=O)N(CCC(=N)N)c1ccccc1. The van der Waals surface area contributed by atoms with E-state index in [1.165, 1.54) is 4.90 Å². The van der Waals surface area contributed by atoms with Crippen molar-refractivity contribution in [3.8, 4) is 0 Å².